The Bertz CT molecular complexity index is 778. The minimum atomic E-state index is 0.104. The Balaban J connectivity index is 2.03. The van der Waals surface area contributed by atoms with Gasteiger partial charge in [0.15, 0.2) is 0 Å². The van der Waals surface area contributed by atoms with Gasteiger partial charge in [0, 0.05) is 24.1 Å². The zero-order valence-corrected chi connectivity index (χ0v) is 15.4. The van der Waals surface area contributed by atoms with Crippen molar-refractivity contribution in [1.82, 2.24) is 14.9 Å². The first kappa shape index (κ1) is 17.9. The molecule has 1 aliphatic heterocycles. The van der Waals surface area contributed by atoms with Crippen LogP contribution >= 0.6 is 11.8 Å². The summed E-state index contributed by atoms with van der Waals surface area (Å²) in [5.74, 6) is 0.826. The van der Waals surface area contributed by atoms with Crippen LogP contribution < -0.4 is 5.73 Å². The number of hydrogen-bond donors (Lipinski definition) is 2. The summed E-state index contributed by atoms with van der Waals surface area (Å²) in [7, 11) is 2.15. The van der Waals surface area contributed by atoms with Crippen molar-refractivity contribution in [3.8, 4) is 0 Å². The highest BCUT2D eigenvalue weighted by Gasteiger charge is 2.19. The zero-order chi connectivity index (χ0) is 17.8. The number of nitrogens with zero attached hydrogens (tertiary/aromatic N) is 3. The third-order valence-electron chi connectivity index (χ3n) is 4.42. The summed E-state index contributed by atoms with van der Waals surface area (Å²) in [6, 6.07) is 6.41. The van der Waals surface area contributed by atoms with E-state index in [1.54, 1.807) is 6.20 Å². The van der Waals surface area contributed by atoms with Crippen LogP contribution in [0.1, 0.15) is 28.8 Å². The van der Waals surface area contributed by atoms with Gasteiger partial charge in [-0.05, 0) is 43.1 Å². The number of aliphatic hydroxyl groups is 1. The van der Waals surface area contributed by atoms with E-state index < -0.39 is 0 Å². The van der Waals surface area contributed by atoms with Crippen LogP contribution in [0.5, 0.6) is 0 Å². The van der Waals surface area contributed by atoms with Crippen molar-refractivity contribution in [1.29, 1.82) is 0 Å². The maximum Gasteiger partial charge on any atom is 0.220 e. The Morgan fingerprint density at radius 2 is 2.28 bits per heavy atom. The number of aromatic nitrogens is 2. The summed E-state index contributed by atoms with van der Waals surface area (Å²) in [6.07, 6.45) is 3.97. The second kappa shape index (κ2) is 7.99. The molecular weight excluding hydrogens is 332 g/mol. The Morgan fingerprint density at radius 3 is 3.08 bits per heavy atom. The first-order chi connectivity index (χ1) is 12.1. The fraction of sp³-hybridized carbons (Fsp3) is 0.368. The van der Waals surface area contributed by atoms with Crippen molar-refractivity contribution in [2.45, 2.75) is 24.3 Å². The van der Waals surface area contributed by atoms with Gasteiger partial charge in [-0.3, -0.25) is 0 Å². The van der Waals surface area contributed by atoms with E-state index in [4.69, 9.17) is 10.8 Å². The normalized spacial score (nSPS) is 14.8. The van der Waals surface area contributed by atoms with Crippen LogP contribution in [0, 0.1) is 0 Å². The molecule has 132 valence electrons. The van der Waals surface area contributed by atoms with Crippen molar-refractivity contribution in [2.75, 3.05) is 31.7 Å². The first-order valence-corrected chi connectivity index (χ1v) is 9.44. The molecule has 0 aliphatic carbocycles. The van der Waals surface area contributed by atoms with Gasteiger partial charge in [0.2, 0.25) is 5.95 Å². The van der Waals surface area contributed by atoms with E-state index in [-0.39, 0.29) is 12.6 Å². The molecule has 6 heteroatoms. The third-order valence-corrected chi connectivity index (χ3v) is 5.42. The average molecular weight is 356 g/mol. The lowest BCUT2D eigenvalue weighted by atomic mass is 9.93. The Labute approximate surface area is 153 Å². The van der Waals surface area contributed by atoms with Gasteiger partial charge < -0.3 is 15.7 Å². The lowest BCUT2D eigenvalue weighted by Crippen LogP contribution is -2.18. The number of benzene rings is 1. The molecule has 5 nitrogen and oxygen atoms in total. The average Bonchev–Trinajstić information content (AvgIpc) is 2.80. The Kier molecular flexibility index (Phi) is 5.73. The van der Waals surface area contributed by atoms with Crippen LogP contribution in [0.25, 0.3) is 5.57 Å². The van der Waals surface area contributed by atoms with Crippen molar-refractivity contribution in [3.63, 3.8) is 0 Å². The van der Waals surface area contributed by atoms with Gasteiger partial charge in [-0.25, -0.2) is 9.97 Å². The molecule has 25 heavy (non-hydrogen) atoms. The van der Waals surface area contributed by atoms with Crippen LogP contribution in [0.2, 0.25) is 0 Å². The number of anilines is 1. The van der Waals surface area contributed by atoms with Gasteiger partial charge in [-0.2, -0.15) is 0 Å². The molecule has 0 amide bonds. The highest BCUT2D eigenvalue weighted by atomic mass is 32.2. The minimum Gasteiger partial charge on any atom is -0.396 e. The van der Waals surface area contributed by atoms with Gasteiger partial charge in [0.05, 0.1) is 17.2 Å². The molecule has 1 aromatic heterocycles. The summed E-state index contributed by atoms with van der Waals surface area (Å²) in [5.41, 5.74) is 11.3. The summed E-state index contributed by atoms with van der Waals surface area (Å²) in [6.45, 7) is 6.44. The maximum absolute atomic E-state index is 9.13. The molecule has 1 aliphatic rings. The fourth-order valence-electron chi connectivity index (χ4n) is 3.22. The molecule has 3 rings (SSSR count). The molecule has 0 fully saturated rings. The molecule has 2 heterocycles. The second-order valence-corrected chi connectivity index (χ2v) is 7.41. The molecule has 0 saturated carbocycles. The largest absolute Gasteiger partial charge is 0.396 e. The lowest BCUT2D eigenvalue weighted by Gasteiger charge is -2.19. The molecule has 0 spiro atoms. The second-order valence-electron chi connectivity index (χ2n) is 6.28. The molecule has 0 bridgehead atoms. The van der Waals surface area contributed by atoms with E-state index in [1.807, 2.05) is 0 Å². The van der Waals surface area contributed by atoms with E-state index in [0.29, 0.717) is 5.75 Å². The van der Waals surface area contributed by atoms with Crippen LogP contribution in [0.3, 0.4) is 0 Å². The van der Waals surface area contributed by atoms with E-state index >= 15 is 0 Å². The third kappa shape index (κ3) is 4.03. The number of hydrogen-bond acceptors (Lipinski definition) is 6. The topological polar surface area (TPSA) is 75.3 Å². The zero-order valence-electron chi connectivity index (χ0n) is 14.5. The number of nitrogens with two attached hydrogens (primary N) is 1. The van der Waals surface area contributed by atoms with Crippen molar-refractivity contribution in [2.24, 2.45) is 0 Å². The number of rotatable bonds is 5. The van der Waals surface area contributed by atoms with E-state index in [1.165, 1.54) is 22.9 Å². The number of aliphatic hydroxyl groups excluding tert-OH is 1. The molecule has 0 saturated heterocycles. The minimum absolute atomic E-state index is 0.104. The van der Waals surface area contributed by atoms with Gasteiger partial charge in [-0.1, -0.05) is 24.8 Å². The summed E-state index contributed by atoms with van der Waals surface area (Å²) >= 11 is 1.52. The van der Waals surface area contributed by atoms with Crippen LogP contribution in [0.4, 0.5) is 5.95 Å². The van der Waals surface area contributed by atoms with Gasteiger partial charge in [0.1, 0.15) is 0 Å². The number of nitrogen functional groups attached to an aromatic ring is 1. The lowest BCUT2D eigenvalue weighted by molar-refractivity contribution is 0.322. The van der Waals surface area contributed by atoms with Crippen LogP contribution in [-0.2, 0) is 13.0 Å². The van der Waals surface area contributed by atoms with E-state index in [9.17, 15) is 0 Å². The monoisotopic (exact) mass is 356 g/mol. The molecule has 0 radical (unpaired) electrons. The highest BCUT2D eigenvalue weighted by Crippen LogP contribution is 2.33. The van der Waals surface area contributed by atoms with Crippen molar-refractivity contribution < 1.29 is 5.11 Å². The van der Waals surface area contributed by atoms with Crippen molar-refractivity contribution >= 4 is 23.3 Å². The predicted molar refractivity (Wildman–Crippen MR) is 103 cm³/mol. The summed E-state index contributed by atoms with van der Waals surface area (Å²) in [5, 5.41) is 9.13. The number of thioether (sulfide) groups is 1. The molecule has 0 atom stereocenters. The summed E-state index contributed by atoms with van der Waals surface area (Å²) < 4.78 is 0. The maximum atomic E-state index is 9.13. The molecule has 0 unspecified atom stereocenters. The predicted octanol–water partition coefficient (Wildman–Crippen LogP) is 2.58. The Hall–Kier alpha value is -1.89. The Morgan fingerprint density at radius 1 is 1.44 bits per heavy atom. The smallest absolute Gasteiger partial charge is 0.220 e. The SMILES string of the molecule is C=C(c1cccc2c1CN(C)CCC2)c1nc(N)ncc1SCCO. The van der Waals surface area contributed by atoms with E-state index in [0.717, 1.165) is 47.7 Å². The molecule has 2 aromatic rings. The number of aryl methyl sites for hydroxylation is 1. The number of fused-ring (bicyclic) bond motifs is 1. The fourth-order valence-corrected chi connectivity index (χ4v) is 3.96. The first-order valence-electron chi connectivity index (χ1n) is 8.45. The van der Waals surface area contributed by atoms with Gasteiger partial charge >= 0.3 is 0 Å². The van der Waals surface area contributed by atoms with E-state index in [2.05, 4.69) is 46.7 Å². The van der Waals surface area contributed by atoms with Gasteiger partial charge in [0.25, 0.3) is 0 Å². The van der Waals surface area contributed by atoms with Crippen LogP contribution in [-0.4, -0.2) is 45.9 Å². The van der Waals surface area contributed by atoms with Crippen molar-refractivity contribution in [3.05, 3.63) is 53.4 Å². The quantitative estimate of drug-likeness (QED) is 0.802. The molecule has 1 aromatic carbocycles. The highest BCUT2D eigenvalue weighted by molar-refractivity contribution is 7.99. The summed E-state index contributed by atoms with van der Waals surface area (Å²) in [4.78, 5) is 11.8. The molecular formula is C19H24N4OS. The van der Waals surface area contributed by atoms with Crippen LogP contribution in [0.15, 0.2) is 35.9 Å². The molecule has 3 N–H and O–H groups in total. The standard InChI is InChI=1S/C19H24N4OS/c1-13(18-17(25-10-9-24)11-21-19(20)22-18)15-7-3-5-14-6-4-8-23(2)12-16(14)15/h3,5,7,11,24H,1,4,6,8-10,12H2,2H3,(H2,20,21,22). The van der Waals surface area contributed by atoms with Gasteiger partial charge in [-0.15, -0.1) is 11.8 Å².